The third-order valence-corrected chi connectivity index (χ3v) is 4.84. The molecule has 3 rings (SSSR count). The lowest BCUT2D eigenvalue weighted by atomic mass is 10.1. The zero-order valence-corrected chi connectivity index (χ0v) is 15.9. The van der Waals surface area contributed by atoms with Crippen LogP contribution in [0.5, 0.6) is 0 Å². The topological polar surface area (TPSA) is 95.0 Å². The highest BCUT2D eigenvalue weighted by Crippen LogP contribution is 2.22. The van der Waals surface area contributed by atoms with Gasteiger partial charge in [-0.1, -0.05) is 25.4 Å². The van der Waals surface area contributed by atoms with Crippen LogP contribution in [0, 0.1) is 19.8 Å². The van der Waals surface area contributed by atoms with Gasteiger partial charge < -0.3 is 9.84 Å². The lowest BCUT2D eigenvalue weighted by Crippen LogP contribution is -2.38. The van der Waals surface area contributed by atoms with E-state index in [9.17, 15) is 9.59 Å². The molecule has 0 saturated heterocycles. The summed E-state index contributed by atoms with van der Waals surface area (Å²) in [4.78, 5) is 25.7. The van der Waals surface area contributed by atoms with Gasteiger partial charge in [-0.05, 0) is 32.6 Å². The Kier molecular flexibility index (Phi) is 5.29. The average molecular weight is 361 g/mol. The second kappa shape index (κ2) is 7.47. The average Bonchev–Trinajstić information content (AvgIpc) is 2.96. The summed E-state index contributed by atoms with van der Waals surface area (Å²) in [5, 5.41) is 11.3. The summed E-state index contributed by atoms with van der Waals surface area (Å²) in [7, 11) is 0. The molecule has 142 valence electrons. The van der Waals surface area contributed by atoms with Crippen LogP contribution in [0.25, 0.3) is 0 Å². The van der Waals surface area contributed by atoms with E-state index in [2.05, 4.69) is 15.6 Å². The van der Waals surface area contributed by atoms with Crippen molar-refractivity contribution in [3.8, 4) is 0 Å². The van der Waals surface area contributed by atoms with Crippen LogP contribution >= 0.6 is 0 Å². The molecule has 0 radical (unpaired) electrons. The van der Waals surface area contributed by atoms with Crippen molar-refractivity contribution in [1.29, 1.82) is 0 Å². The van der Waals surface area contributed by atoms with Crippen LogP contribution in [0.4, 0.5) is 0 Å². The number of carbonyl (C=O) groups is 1. The van der Waals surface area contributed by atoms with Gasteiger partial charge in [0.25, 0.3) is 0 Å². The van der Waals surface area contributed by atoms with Crippen molar-refractivity contribution in [2.75, 3.05) is 0 Å². The van der Waals surface area contributed by atoms with Crippen LogP contribution in [0.2, 0.25) is 0 Å². The van der Waals surface area contributed by atoms with Crippen molar-refractivity contribution in [1.82, 2.24) is 24.8 Å². The zero-order valence-electron chi connectivity index (χ0n) is 15.9. The van der Waals surface area contributed by atoms with Gasteiger partial charge in [0.05, 0.1) is 5.69 Å². The van der Waals surface area contributed by atoms with Crippen LogP contribution in [0.3, 0.4) is 0 Å². The van der Waals surface area contributed by atoms with Crippen LogP contribution in [-0.2, 0) is 24.3 Å². The molecule has 1 unspecified atom stereocenters. The Morgan fingerprint density at radius 2 is 2.12 bits per heavy atom. The molecule has 0 saturated carbocycles. The normalized spacial score (nSPS) is 17.2. The molecule has 2 aromatic heterocycles. The summed E-state index contributed by atoms with van der Waals surface area (Å²) in [6.07, 6.45) is 3.21. The Morgan fingerprint density at radius 3 is 2.77 bits per heavy atom. The smallest absolute Gasteiger partial charge is 0.346 e. The predicted molar refractivity (Wildman–Crippen MR) is 95.7 cm³/mol. The number of fused-ring (bicyclic) bond motifs is 1. The first-order valence-corrected chi connectivity index (χ1v) is 9.26. The number of hydrogen-bond donors (Lipinski definition) is 1. The summed E-state index contributed by atoms with van der Waals surface area (Å²) in [5.74, 6) is 1.58. The molecular weight excluding hydrogens is 334 g/mol. The number of rotatable bonds is 5. The van der Waals surface area contributed by atoms with Crippen molar-refractivity contribution in [3.05, 3.63) is 33.3 Å². The molecule has 0 spiro atoms. The predicted octanol–water partition coefficient (Wildman–Crippen LogP) is 1.89. The minimum Gasteiger partial charge on any atom is -0.361 e. The number of nitrogens with zero attached hydrogens (tertiary/aromatic N) is 4. The first-order chi connectivity index (χ1) is 12.4. The second-order valence-electron chi connectivity index (χ2n) is 7.43. The first kappa shape index (κ1) is 18.4. The zero-order chi connectivity index (χ0) is 18.8. The Hall–Kier alpha value is -2.38. The van der Waals surface area contributed by atoms with Crippen molar-refractivity contribution in [3.63, 3.8) is 0 Å². The summed E-state index contributed by atoms with van der Waals surface area (Å²) in [6.45, 7) is 8.68. The first-order valence-electron chi connectivity index (χ1n) is 9.26. The van der Waals surface area contributed by atoms with E-state index < -0.39 is 6.04 Å². The van der Waals surface area contributed by atoms with Gasteiger partial charge in [-0.3, -0.25) is 9.36 Å². The molecule has 2 aromatic rings. The Labute approximate surface area is 152 Å². The van der Waals surface area contributed by atoms with E-state index in [0.29, 0.717) is 37.0 Å². The summed E-state index contributed by atoms with van der Waals surface area (Å²) < 4.78 is 8.23. The highest BCUT2D eigenvalue weighted by Gasteiger charge is 2.29. The minimum absolute atomic E-state index is 0.153. The molecule has 0 aliphatic carbocycles. The van der Waals surface area contributed by atoms with Gasteiger partial charge in [0.1, 0.15) is 17.6 Å². The summed E-state index contributed by atoms with van der Waals surface area (Å²) in [6, 6.07) is -0.513. The largest absolute Gasteiger partial charge is 0.361 e. The molecule has 1 aliphatic heterocycles. The molecular formula is C18H27N5O3. The quantitative estimate of drug-likeness (QED) is 0.877. The molecule has 26 heavy (non-hydrogen) atoms. The van der Waals surface area contributed by atoms with Crippen LogP contribution in [0.1, 0.15) is 62.0 Å². The van der Waals surface area contributed by atoms with Gasteiger partial charge in [0, 0.05) is 25.1 Å². The maximum Gasteiger partial charge on any atom is 0.346 e. The Morgan fingerprint density at radius 1 is 1.35 bits per heavy atom. The molecule has 8 nitrogen and oxygen atoms in total. The number of aryl methyl sites for hydroxylation is 3. The van der Waals surface area contributed by atoms with Crippen LogP contribution in [0.15, 0.2) is 9.32 Å². The van der Waals surface area contributed by atoms with Gasteiger partial charge in [-0.2, -0.15) is 5.10 Å². The summed E-state index contributed by atoms with van der Waals surface area (Å²) >= 11 is 0. The standard InChI is InChI=1S/C18H27N5O3/c1-11(2)10-22-18(25)23-15(7-5-6-8-16(23)20-22)17(24)19-9-14-12(3)21-26-13(14)4/h11,15H,5-10H2,1-4H3,(H,19,24). The fourth-order valence-electron chi connectivity index (χ4n) is 3.46. The Balaban J connectivity index is 1.83. The SMILES string of the molecule is Cc1noc(C)c1CNC(=O)C1CCCCc2nn(CC(C)C)c(=O)n21. The molecule has 1 amide bonds. The molecule has 0 bridgehead atoms. The molecule has 1 N–H and O–H groups in total. The molecule has 3 heterocycles. The highest BCUT2D eigenvalue weighted by atomic mass is 16.5. The number of carbonyl (C=O) groups excluding carboxylic acids is 1. The number of nitrogens with one attached hydrogen (secondary N) is 1. The van der Waals surface area contributed by atoms with Crippen molar-refractivity contribution < 1.29 is 9.32 Å². The van der Waals surface area contributed by atoms with Gasteiger partial charge in [0.2, 0.25) is 5.91 Å². The third-order valence-electron chi connectivity index (χ3n) is 4.84. The lowest BCUT2D eigenvalue weighted by Gasteiger charge is -2.16. The maximum atomic E-state index is 12.9. The van der Waals surface area contributed by atoms with E-state index in [-0.39, 0.29) is 11.6 Å². The second-order valence-corrected chi connectivity index (χ2v) is 7.43. The molecule has 0 aromatic carbocycles. The molecule has 8 heteroatoms. The van der Waals surface area contributed by atoms with Crippen LogP contribution in [-0.4, -0.2) is 25.4 Å². The van der Waals surface area contributed by atoms with E-state index in [1.54, 1.807) is 4.57 Å². The van der Waals surface area contributed by atoms with E-state index in [0.717, 1.165) is 30.5 Å². The van der Waals surface area contributed by atoms with E-state index in [1.807, 2.05) is 27.7 Å². The Bertz CT molecular complexity index is 826. The highest BCUT2D eigenvalue weighted by molar-refractivity contribution is 5.80. The van der Waals surface area contributed by atoms with Gasteiger partial charge in [-0.15, -0.1) is 0 Å². The van der Waals surface area contributed by atoms with Crippen molar-refractivity contribution in [2.24, 2.45) is 5.92 Å². The van der Waals surface area contributed by atoms with E-state index >= 15 is 0 Å². The number of aromatic nitrogens is 4. The molecule has 1 aliphatic rings. The van der Waals surface area contributed by atoms with Gasteiger partial charge in [-0.25, -0.2) is 9.48 Å². The maximum absolute atomic E-state index is 12.9. The van der Waals surface area contributed by atoms with E-state index in [4.69, 9.17) is 4.52 Å². The number of hydrogen-bond acceptors (Lipinski definition) is 5. The third kappa shape index (κ3) is 3.59. The van der Waals surface area contributed by atoms with E-state index in [1.165, 1.54) is 4.68 Å². The monoisotopic (exact) mass is 361 g/mol. The van der Waals surface area contributed by atoms with Crippen LogP contribution < -0.4 is 11.0 Å². The number of amides is 1. The fourth-order valence-corrected chi connectivity index (χ4v) is 3.46. The van der Waals surface area contributed by atoms with Crippen molar-refractivity contribution >= 4 is 5.91 Å². The van der Waals surface area contributed by atoms with Gasteiger partial charge >= 0.3 is 5.69 Å². The fraction of sp³-hybridized carbons (Fsp3) is 0.667. The molecule has 1 atom stereocenters. The molecule has 0 fully saturated rings. The summed E-state index contributed by atoms with van der Waals surface area (Å²) in [5.41, 5.74) is 1.47. The minimum atomic E-state index is -0.513. The lowest BCUT2D eigenvalue weighted by molar-refractivity contribution is -0.124. The van der Waals surface area contributed by atoms with Crippen molar-refractivity contribution in [2.45, 2.75) is 72.5 Å². The van der Waals surface area contributed by atoms with Gasteiger partial charge in [0.15, 0.2) is 0 Å².